The molecule has 2 nitrogen and oxygen atoms in total. The molecule has 0 heterocycles. The van der Waals surface area contributed by atoms with Crippen LogP contribution in [0.25, 0.3) is 5.59 Å². The zero-order valence-corrected chi connectivity index (χ0v) is 23.6. The third-order valence-electron chi connectivity index (χ3n) is 4.80. The monoisotopic (exact) mass is 661 g/mol. The molecule has 0 saturated heterocycles. The zero-order chi connectivity index (χ0) is 25.0. The van der Waals surface area contributed by atoms with E-state index in [0.717, 1.165) is 6.42 Å². The van der Waals surface area contributed by atoms with Crippen molar-refractivity contribution in [3.05, 3.63) is 182 Å². The van der Waals surface area contributed by atoms with Gasteiger partial charge in [0.05, 0.1) is 0 Å². The van der Waals surface area contributed by atoms with E-state index in [1.807, 2.05) is 50.3 Å². The topological polar surface area (TPSA) is 39.4 Å². The van der Waals surface area contributed by atoms with Gasteiger partial charge >= 0.3 is 0 Å². The number of hydrogen-bond donors (Lipinski definition) is 0. The van der Waals surface area contributed by atoms with Crippen molar-refractivity contribution in [3.63, 3.8) is 0 Å². The molecule has 6 radical (unpaired) electrons. The first-order valence-electron chi connectivity index (χ1n) is 11.3. The van der Waals surface area contributed by atoms with Crippen molar-refractivity contribution in [2.45, 2.75) is 6.42 Å². The third-order valence-corrected chi connectivity index (χ3v) is 7.24. The summed E-state index contributed by atoms with van der Waals surface area (Å²) in [5.41, 5.74) is 7.01. The molecule has 5 rings (SSSR count). The van der Waals surface area contributed by atoms with Crippen LogP contribution in [0, 0.1) is 43.6 Å². The van der Waals surface area contributed by atoms with Gasteiger partial charge in [0.2, 0.25) is 0 Å². The van der Waals surface area contributed by atoms with E-state index in [-0.39, 0.29) is 20.4 Å². The third kappa shape index (κ3) is 11.8. The van der Waals surface area contributed by atoms with E-state index in [9.17, 15) is 0 Å². The molecule has 0 unspecified atom stereocenters. The Morgan fingerprint density at radius 3 is 1.08 bits per heavy atom. The number of nitrogens with zero attached hydrogens (tertiary/aromatic N) is 1. The molecule has 0 bridgehead atoms. The second kappa shape index (κ2) is 20.5. The normalized spacial score (nSPS) is 11.2. The Kier molecular flexibility index (Phi) is 17.8. The first kappa shape index (κ1) is 31.3. The van der Waals surface area contributed by atoms with Crippen molar-refractivity contribution < 1.29 is 20.4 Å². The van der Waals surface area contributed by atoms with Crippen LogP contribution in [0.4, 0.5) is 0 Å². The molecule has 0 aromatic heterocycles. The summed E-state index contributed by atoms with van der Waals surface area (Å²) in [4.78, 5) is 7.25. The molecule has 0 atom stereocenters. The fraction of sp³-hybridized carbons (Fsp3) is 0.0312. The maximum Gasteiger partial charge on any atom is 0 e. The van der Waals surface area contributed by atoms with Gasteiger partial charge < -0.3 is 17.1 Å². The Balaban J connectivity index is 0.000000317. The Morgan fingerprint density at radius 1 is 0.528 bits per heavy atom. The van der Waals surface area contributed by atoms with Gasteiger partial charge in [0, 0.05) is 20.4 Å². The first-order valence-corrected chi connectivity index (χ1v) is 12.6. The fourth-order valence-electron chi connectivity index (χ4n) is 3.25. The summed E-state index contributed by atoms with van der Waals surface area (Å²) in [7, 11) is -0.446. The van der Waals surface area contributed by atoms with Crippen LogP contribution in [-0.2, 0) is 26.8 Å². The van der Waals surface area contributed by atoms with Gasteiger partial charge in [-0.05, 0) is 67.9 Å². The maximum atomic E-state index is 7.25. The smallest absolute Gasteiger partial charge is 0 e. The molecule has 1 saturated carbocycles. The molecule has 36 heavy (non-hydrogen) atoms. The van der Waals surface area contributed by atoms with Crippen LogP contribution in [0.15, 0.2) is 127 Å². The van der Waals surface area contributed by atoms with E-state index < -0.39 is 7.92 Å². The maximum absolute atomic E-state index is 7.25. The molecule has 0 spiro atoms. The average Bonchev–Trinajstić information content (AvgIpc) is 3.54. The number of allylic oxidation sites excluding steroid dienone is 1. The first-order chi connectivity index (χ1) is 17.4. The van der Waals surface area contributed by atoms with Gasteiger partial charge in [0.15, 0.2) is 0 Å². The van der Waals surface area contributed by atoms with Gasteiger partial charge in [-0.1, -0.05) is 121 Å². The standard InChI is InChI=1S/C18H15P.C9H9.C5H5.NO.Re/c1-4-10-16(11-5-1)19(17-12-6-2-7-13-17)18-14-8-3-9-15-18;1-2-6-9-7-4-3-5-8-9;1-2-4-5-3-1;1-2;/h1-15H;1-5,7-8H,6H2;1-5H;;/q;-1;;-1;. The molecular formula is C32H29NOPRe-2. The molecule has 1 fully saturated rings. The van der Waals surface area contributed by atoms with E-state index in [1.54, 1.807) is 6.08 Å². The van der Waals surface area contributed by atoms with E-state index in [1.165, 1.54) is 21.5 Å². The van der Waals surface area contributed by atoms with Crippen LogP contribution in [0.2, 0.25) is 0 Å². The van der Waals surface area contributed by atoms with E-state index in [0.29, 0.717) is 0 Å². The van der Waals surface area contributed by atoms with Gasteiger partial charge in [0.1, 0.15) is 0 Å². The van der Waals surface area contributed by atoms with E-state index in [2.05, 4.69) is 103 Å². The molecule has 4 heteroatoms. The van der Waals surface area contributed by atoms with Gasteiger partial charge in [-0.25, -0.2) is 0 Å². The van der Waals surface area contributed by atoms with Crippen LogP contribution in [0.1, 0.15) is 5.56 Å². The molecule has 4 aromatic rings. The molecule has 1 aliphatic rings. The van der Waals surface area contributed by atoms with E-state index >= 15 is 0 Å². The van der Waals surface area contributed by atoms with Crippen LogP contribution in [0.5, 0.6) is 0 Å². The zero-order valence-electron chi connectivity index (χ0n) is 20.0. The minimum absolute atomic E-state index is 0. The van der Waals surface area contributed by atoms with Crippen molar-refractivity contribution in [2.75, 3.05) is 0 Å². The summed E-state index contributed by atoms with van der Waals surface area (Å²) in [6.45, 7) is 5.24. The molecule has 0 aliphatic heterocycles. The average molecular weight is 661 g/mol. The molecule has 1 aliphatic carbocycles. The summed E-state index contributed by atoms with van der Waals surface area (Å²) < 4.78 is 0. The molecule has 182 valence electrons. The van der Waals surface area contributed by atoms with Gasteiger partial charge in [-0.3, -0.25) is 6.08 Å². The van der Waals surface area contributed by atoms with Crippen molar-refractivity contribution in [2.24, 2.45) is 0 Å². The second-order valence-corrected chi connectivity index (χ2v) is 9.45. The van der Waals surface area contributed by atoms with Crippen molar-refractivity contribution >= 4 is 23.8 Å². The van der Waals surface area contributed by atoms with Crippen LogP contribution in [0.3, 0.4) is 0 Å². The number of benzene rings is 4. The summed E-state index contributed by atoms with van der Waals surface area (Å²) in [6.07, 6.45) is 12.5. The van der Waals surface area contributed by atoms with Crippen LogP contribution >= 0.6 is 7.92 Å². The summed E-state index contributed by atoms with van der Waals surface area (Å²) in [5, 5.41) is 4.19. The van der Waals surface area contributed by atoms with Crippen molar-refractivity contribution in [1.29, 1.82) is 0 Å². The molecule has 4 aromatic carbocycles. The Hall–Kier alpha value is -2.69. The predicted octanol–water partition coefficient (Wildman–Crippen LogP) is 7.00. The largest absolute Gasteiger partial charge is 0.577 e. The van der Waals surface area contributed by atoms with E-state index in [4.69, 9.17) is 17.1 Å². The Morgan fingerprint density at radius 2 is 0.806 bits per heavy atom. The minimum Gasteiger partial charge on any atom is -0.577 e. The summed E-state index contributed by atoms with van der Waals surface area (Å²) >= 11 is 0. The van der Waals surface area contributed by atoms with Gasteiger partial charge in [0.25, 0.3) is 0 Å². The van der Waals surface area contributed by atoms with Crippen molar-refractivity contribution in [1.82, 2.24) is 0 Å². The molecule has 0 amide bonds. The molecule has 0 N–H and O–H groups in total. The van der Waals surface area contributed by atoms with Crippen LogP contribution < -0.4 is 15.9 Å². The fourth-order valence-corrected chi connectivity index (χ4v) is 5.55. The Labute approximate surface area is 232 Å². The number of rotatable bonds is 5. The predicted molar refractivity (Wildman–Crippen MR) is 152 cm³/mol. The molecular weight excluding hydrogens is 632 g/mol. The van der Waals surface area contributed by atoms with Gasteiger partial charge in [-0.2, -0.15) is 0 Å². The number of nitroso groups, excluding NO2 is 1. The number of hydrogen-bond acceptors (Lipinski definition) is 1. The summed E-state index contributed by atoms with van der Waals surface area (Å²) in [6, 6.07) is 42.5. The second-order valence-electron chi connectivity index (χ2n) is 7.23. The Bertz CT molecular complexity index is 941. The minimum atomic E-state index is -0.446. The quantitative estimate of drug-likeness (QED) is 0.168. The SMILES string of the molecule is [CH-]=CCc1ccccc1.[CH]1[CH][CH][CH][CH]1.[N-]=O.[Re].c1ccc(P(c2ccccc2)c2ccccc2)cc1. The van der Waals surface area contributed by atoms with Crippen LogP contribution in [-0.4, -0.2) is 0 Å². The van der Waals surface area contributed by atoms with Gasteiger partial charge in [-0.15, -0.1) is 0 Å². The summed E-state index contributed by atoms with van der Waals surface area (Å²) in [5.74, 6) is 0. The van der Waals surface area contributed by atoms with Crippen molar-refractivity contribution in [3.8, 4) is 0 Å².